The molecule has 0 radical (unpaired) electrons. The Kier molecular flexibility index (Phi) is 3.11. The third-order valence-electron chi connectivity index (χ3n) is 3.98. The molecule has 1 aromatic carbocycles. The highest BCUT2D eigenvalue weighted by Gasteiger charge is 2.20. The highest BCUT2D eigenvalue weighted by atomic mass is 32.1. The summed E-state index contributed by atoms with van der Waals surface area (Å²) < 4.78 is 4.95. The number of hydrogen-bond acceptors (Lipinski definition) is 4. The summed E-state index contributed by atoms with van der Waals surface area (Å²) in [6.07, 6.45) is 4.41. The molecule has 0 aliphatic heterocycles. The number of amides is 1. The van der Waals surface area contributed by atoms with Crippen molar-refractivity contribution in [2.45, 2.75) is 25.7 Å². The van der Waals surface area contributed by atoms with Crippen molar-refractivity contribution in [3.05, 3.63) is 50.1 Å². The van der Waals surface area contributed by atoms with Gasteiger partial charge >= 0.3 is 5.76 Å². The largest absolute Gasteiger partial charge is 0.417 e. The van der Waals surface area contributed by atoms with Crippen LogP contribution in [0.3, 0.4) is 0 Å². The number of fused-ring (bicyclic) bond motifs is 2. The van der Waals surface area contributed by atoms with Gasteiger partial charge in [0.2, 0.25) is 0 Å². The SMILES string of the molecule is O=C(Nc1ccc2oc(=O)[nH]c2c1)c1csc2c1CCCC2. The molecule has 3 aromatic rings. The number of benzene rings is 1. The van der Waals surface area contributed by atoms with E-state index in [4.69, 9.17) is 4.42 Å². The number of aromatic nitrogens is 1. The molecule has 0 spiro atoms. The molecule has 1 aliphatic rings. The number of carbonyl (C=O) groups excluding carboxylic acids is 1. The van der Waals surface area contributed by atoms with Crippen molar-refractivity contribution in [1.82, 2.24) is 4.98 Å². The fraction of sp³-hybridized carbons (Fsp3) is 0.250. The lowest BCUT2D eigenvalue weighted by atomic mass is 9.95. The van der Waals surface area contributed by atoms with Gasteiger partial charge in [-0.05, 0) is 49.4 Å². The third kappa shape index (κ3) is 2.25. The lowest BCUT2D eigenvalue weighted by Gasteiger charge is -2.12. The second-order valence-electron chi connectivity index (χ2n) is 5.44. The Bertz CT molecular complexity index is 919. The molecular formula is C16H14N2O3S. The Labute approximate surface area is 130 Å². The lowest BCUT2D eigenvalue weighted by Crippen LogP contribution is -2.14. The van der Waals surface area contributed by atoms with E-state index < -0.39 is 5.76 Å². The Balaban J connectivity index is 1.62. The number of oxazole rings is 1. The van der Waals surface area contributed by atoms with E-state index in [2.05, 4.69) is 10.3 Å². The number of aromatic amines is 1. The van der Waals surface area contributed by atoms with Crippen molar-refractivity contribution in [1.29, 1.82) is 0 Å². The number of carbonyl (C=O) groups is 1. The molecular weight excluding hydrogens is 300 g/mol. The van der Waals surface area contributed by atoms with Crippen molar-refractivity contribution in [3.63, 3.8) is 0 Å². The normalized spacial score (nSPS) is 14.0. The summed E-state index contributed by atoms with van der Waals surface area (Å²) in [6.45, 7) is 0. The third-order valence-corrected chi connectivity index (χ3v) is 5.07. The molecule has 1 aliphatic carbocycles. The Morgan fingerprint density at radius 2 is 2.14 bits per heavy atom. The summed E-state index contributed by atoms with van der Waals surface area (Å²) in [5.74, 6) is -0.588. The van der Waals surface area contributed by atoms with E-state index >= 15 is 0 Å². The van der Waals surface area contributed by atoms with Gasteiger partial charge in [0.05, 0.1) is 11.1 Å². The molecule has 2 N–H and O–H groups in total. The first-order chi connectivity index (χ1) is 10.7. The summed E-state index contributed by atoms with van der Waals surface area (Å²) in [7, 11) is 0. The highest BCUT2D eigenvalue weighted by molar-refractivity contribution is 7.10. The zero-order valence-electron chi connectivity index (χ0n) is 11.8. The van der Waals surface area contributed by atoms with E-state index in [-0.39, 0.29) is 5.91 Å². The number of aryl methyl sites for hydroxylation is 1. The molecule has 0 saturated heterocycles. The van der Waals surface area contributed by atoms with Gasteiger partial charge < -0.3 is 9.73 Å². The average molecular weight is 314 g/mol. The van der Waals surface area contributed by atoms with Crippen LogP contribution < -0.4 is 11.1 Å². The Hall–Kier alpha value is -2.34. The van der Waals surface area contributed by atoms with E-state index in [1.165, 1.54) is 16.9 Å². The summed E-state index contributed by atoms with van der Waals surface area (Å²) >= 11 is 1.67. The standard InChI is InChI=1S/C16H14N2O3S/c19-15(11-8-22-14-4-2-1-3-10(11)14)17-9-5-6-13-12(7-9)18-16(20)21-13/h5-8H,1-4H2,(H,17,19)(H,18,20). The zero-order chi connectivity index (χ0) is 15.1. The predicted octanol–water partition coefficient (Wildman–Crippen LogP) is 3.31. The van der Waals surface area contributed by atoms with Crippen LogP contribution in [0.15, 0.2) is 32.8 Å². The van der Waals surface area contributed by atoms with Crippen molar-refractivity contribution < 1.29 is 9.21 Å². The van der Waals surface area contributed by atoms with E-state index in [0.717, 1.165) is 24.8 Å². The maximum Gasteiger partial charge on any atom is 0.417 e. The number of nitrogens with one attached hydrogen (secondary N) is 2. The molecule has 0 bridgehead atoms. The van der Waals surface area contributed by atoms with Gasteiger partial charge in [-0.25, -0.2) is 4.79 Å². The van der Waals surface area contributed by atoms with Crippen LogP contribution in [0.5, 0.6) is 0 Å². The van der Waals surface area contributed by atoms with Crippen LogP contribution >= 0.6 is 11.3 Å². The zero-order valence-corrected chi connectivity index (χ0v) is 12.6. The first-order valence-corrected chi connectivity index (χ1v) is 8.12. The van der Waals surface area contributed by atoms with Gasteiger partial charge in [0, 0.05) is 15.9 Å². The average Bonchev–Trinajstić information content (AvgIpc) is 3.09. The van der Waals surface area contributed by atoms with Crippen LogP contribution in [0.4, 0.5) is 5.69 Å². The fourth-order valence-corrected chi connectivity index (χ4v) is 4.04. The van der Waals surface area contributed by atoms with Crippen LogP contribution in [0, 0.1) is 0 Å². The number of hydrogen-bond donors (Lipinski definition) is 2. The molecule has 6 heteroatoms. The molecule has 2 aromatic heterocycles. The van der Waals surface area contributed by atoms with E-state index in [1.807, 2.05) is 5.38 Å². The number of thiophene rings is 1. The van der Waals surface area contributed by atoms with Crippen LogP contribution in [-0.2, 0) is 12.8 Å². The first kappa shape index (κ1) is 13.3. The summed E-state index contributed by atoms with van der Waals surface area (Å²) in [6, 6.07) is 5.11. The molecule has 4 rings (SSSR count). The summed E-state index contributed by atoms with van der Waals surface area (Å²) in [4.78, 5) is 27.6. The Morgan fingerprint density at radius 3 is 3.05 bits per heavy atom. The van der Waals surface area contributed by atoms with Gasteiger partial charge in [-0.2, -0.15) is 0 Å². The van der Waals surface area contributed by atoms with Gasteiger partial charge in [0.1, 0.15) is 0 Å². The topological polar surface area (TPSA) is 75.1 Å². The number of anilines is 1. The lowest BCUT2D eigenvalue weighted by molar-refractivity contribution is 0.102. The number of rotatable bonds is 2. The number of H-pyrrole nitrogens is 1. The predicted molar refractivity (Wildman–Crippen MR) is 85.7 cm³/mol. The quantitative estimate of drug-likeness (QED) is 0.762. The van der Waals surface area contributed by atoms with E-state index in [0.29, 0.717) is 16.8 Å². The van der Waals surface area contributed by atoms with Crippen molar-refractivity contribution in [2.75, 3.05) is 5.32 Å². The molecule has 22 heavy (non-hydrogen) atoms. The molecule has 0 atom stereocenters. The van der Waals surface area contributed by atoms with Crippen molar-refractivity contribution in [2.24, 2.45) is 0 Å². The second-order valence-corrected chi connectivity index (χ2v) is 6.40. The second kappa shape index (κ2) is 5.14. The molecule has 1 amide bonds. The van der Waals surface area contributed by atoms with Crippen LogP contribution in [0.25, 0.3) is 11.1 Å². The van der Waals surface area contributed by atoms with Crippen LogP contribution in [0.2, 0.25) is 0 Å². The van der Waals surface area contributed by atoms with E-state index in [9.17, 15) is 9.59 Å². The van der Waals surface area contributed by atoms with Gasteiger partial charge in [-0.3, -0.25) is 9.78 Å². The molecule has 2 heterocycles. The van der Waals surface area contributed by atoms with Gasteiger partial charge in [0.15, 0.2) is 5.58 Å². The molecule has 5 nitrogen and oxygen atoms in total. The molecule has 0 fully saturated rings. The first-order valence-electron chi connectivity index (χ1n) is 7.24. The van der Waals surface area contributed by atoms with Crippen LogP contribution in [-0.4, -0.2) is 10.9 Å². The minimum absolute atomic E-state index is 0.0930. The Morgan fingerprint density at radius 1 is 1.27 bits per heavy atom. The van der Waals surface area contributed by atoms with Crippen molar-refractivity contribution in [3.8, 4) is 0 Å². The van der Waals surface area contributed by atoms with Gasteiger partial charge in [0.25, 0.3) is 5.91 Å². The summed E-state index contributed by atoms with van der Waals surface area (Å²) in [5, 5.41) is 4.85. The minimum atomic E-state index is -0.495. The molecule has 0 unspecified atom stereocenters. The maximum absolute atomic E-state index is 12.5. The minimum Gasteiger partial charge on any atom is -0.408 e. The van der Waals surface area contributed by atoms with E-state index in [1.54, 1.807) is 29.5 Å². The molecule has 0 saturated carbocycles. The highest BCUT2D eigenvalue weighted by Crippen LogP contribution is 2.30. The fourth-order valence-electron chi connectivity index (χ4n) is 2.91. The molecule has 112 valence electrons. The van der Waals surface area contributed by atoms with Crippen molar-refractivity contribution >= 4 is 34.0 Å². The maximum atomic E-state index is 12.5. The van der Waals surface area contributed by atoms with Crippen LogP contribution in [0.1, 0.15) is 33.6 Å². The smallest absolute Gasteiger partial charge is 0.408 e. The summed E-state index contributed by atoms with van der Waals surface area (Å²) in [5.41, 5.74) is 3.68. The van der Waals surface area contributed by atoms with Gasteiger partial charge in [-0.1, -0.05) is 0 Å². The monoisotopic (exact) mass is 314 g/mol. The van der Waals surface area contributed by atoms with Gasteiger partial charge in [-0.15, -0.1) is 11.3 Å².